The lowest BCUT2D eigenvalue weighted by atomic mass is 10.0. The molecule has 0 rings (SSSR count). The third-order valence-corrected chi connectivity index (χ3v) is 14.1. The predicted molar refractivity (Wildman–Crippen MR) is 307 cm³/mol. The topological polar surface area (TPSA) is 78.9 Å². The van der Waals surface area contributed by atoms with E-state index in [1.54, 1.807) is 0 Å². The van der Waals surface area contributed by atoms with Crippen LogP contribution in [0.25, 0.3) is 0 Å². The van der Waals surface area contributed by atoms with Gasteiger partial charge in [-0.1, -0.05) is 301 Å². The van der Waals surface area contributed by atoms with Crippen molar-refractivity contribution >= 4 is 17.9 Å². The Balaban J connectivity index is 3.94. The molecule has 1 unspecified atom stereocenters. The second kappa shape index (κ2) is 60.2. The molecule has 0 aliphatic heterocycles. The SMILES string of the molecule is CCCCCCC/C=C\C/C=C\C/C=C\CCCCCCCCCCCCCCCCCCCCC(=O)OCC(COC(=O)CCCCCCCCC)OC(=O)CCCCCCCCCCCCCCC. The van der Waals surface area contributed by atoms with Crippen LogP contribution >= 0.6 is 0 Å². The lowest BCUT2D eigenvalue weighted by Crippen LogP contribution is -2.30. The van der Waals surface area contributed by atoms with Gasteiger partial charge in [0.05, 0.1) is 0 Å². The van der Waals surface area contributed by atoms with Gasteiger partial charge in [0.25, 0.3) is 0 Å². The van der Waals surface area contributed by atoms with Gasteiger partial charge in [-0.3, -0.25) is 14.4 Å². The summed E-state index contributed by atoms with van der Waals surface area (Å²) in [7, 11) is 0. The average molecular weight is 998 g/mol. The first-order valence-corrected chi connectivity index (χ1v) is 31.5. The molecule has 0 aromatic heterocycles. The molecule has 0 aromatic rings. The van der Waals surface area contributed by atoms with Gasteiger partial charge in [-0.25, -0.2) is 0 Å². The highest BCUT2D eigenvalue weighted by atomic mass is 16.6. The molecular weight excluding hydrogens is 877 g/mol. The zero-order chi connectivity index (χ0) is 51.4. The van der Waals surface area contributed by atoms with Crippen molar-refractivity contribution in [3.05, 3.63) is 36.5 Å². The molecule has 1 atom stereocenters. The molecule has 0 aromatic carbocycles. The van der Waals surface area contributed by atoms with E-state index in [2.05, 4.69) is 57.2 Å². The molecule has 0 aliphatic carbocycles. The van der Waals surface area contributed by atoms with Crippen LogP contribution in [0.2, 0.25) is 0 Å². The van der Waals surface area contributed by atoms with E-state index in [0.29, 0.717) is 19.3 Å². The van der Waals surface area contributed by atoms with Gasteiger partial charge in [-0.2, -0.15) is 0 Å². The summed E-state index contributed by atoms with van der Waals surface area (Å²) in [6, 6.07) is 0. The van der Waals surface area contributed by atoms with Crippen LogP contribution in [0.1, 0.15) is 342 Å². The molecule has 416 valence electrons. The van der Waals surface area contributed by atoms with Gasteiger partial charge in [0.15, 0.2) is 6.10 Å². The molecule has 0 saturated carbocycles. The second-order valence-electron chi connectivity index (χ2n) is 21.3. The largest absolute Gasteiger partial charge is 0.462 e. The van der Waals surface area contributed by atoms with Gasteiger partial charge in [0, 0.05) is 19.3 Å². The Bertz CT molecular complexity index is 1190. The lowest BCUT2D eigenvalue weighted by Gasteiger charge is -2.18. The van der Waals surface area contributed by atoms with Crippen molar-refractivity contribution in [1.29, 1.82) is 0 Å². The molecule has 0 heterocycles. The van der Waals surface area contributed by atoms with Gasteiger partial charge in [-0.05, 0) is 57.8 Å². The van der Waals surface area contributed by atoms with Crippen molar-refractivity contribution in [1.82, 2.24) is 0 Å². The summed E-state index contributed by atoms with van der Waals surface area (Å²) in [5.41, 5.74) is 0. The predicted octanol–water partition coefficient (Wildman–Crippen LogP) is 21.2. The summed E-state index contributed by atoms with van der Waals surface area (Å²) in [5, 5.41) is 0. The van der Waals surface area contributed by atoms with E-state index in [0.717, 1.165) is 70.6 Å². The zero-order valence-corrected chi connectivity index (χ0v) is 47.8. The zero-order valence-electron chi connectivity index (χ0n) is 47.8. The molecule has 0 aliphatic rings. The van der Waals surface area contributed by atoms with Crippen LogP contribution in [0.3, 0.4) is 0 Å². The van der Waals surface area contributed by atoms with Gasteiger partial charge in [0.2, 0.25) is 0 Å². The smallest absolute Gasteiger partial charge is 0.306 e. The molecule has 71 heavy (non-hydrogen) atoms. The first-order valence-electron chi connectivity index (χ1n) is 31.5. The van der Waals surface area contributed by atoms with Crippen LogP contribution in [-0.4, -0.2) is 37.2 Å². The highest BCUT2D eigenvalue weighted by molar-refractivity contribution is 5.71. The van der Waals surface area contributed by atoms with Gasteiger partial charge in [0.1, 0.15) is 13.2 Å². The van der Waals surface area contributed by atoms with Crippen LogP contribution in [0.15, 0.2) is 36.5 Å². The summed E-state index contributed by atoms with van der Waals surface area (Å²) >= 11 is 0. The van der Waals surface area contributed by atoms with E-state index in [9.17, 15) is 14.4 Å². The van der Waals surface area contributed by atoms with E-state index in [1.807, 2.05) is 0 Å². The van der Waals surface area contributed by atoms with Gasteiger partial charge >= 0.3 is 17.9 Å². The van der Waals surface area contributed by atoms with Crippen LogP contribution < -0.4 is 0 Å². The number of allylic oxidation sites excluding steroid dienone is 6. The molecule has 0 amide bonds. The number of carbonyl (C=O) groups is 3. The minimum absolute atomic E-state index is 0.0660. The molecule has 6 heteroatoms. The summed E-state index contributed by atoms with van der Waals surface area (Å²) in [6.07, 6.45) is 73.3. The quantitative estimate of drug-likeness (QED) is 0.0261. The fraction of sp³-hybridized carbons (Fsp3) is 0.862. The van der Waals surface area contributed by atoms with Crippen LogP contribution in [0, 0.1) is 0 Å². The fourth-order valence-electron chi connectivity index (χ4n) is 9.39. The Labute approximate surface area is 442 Å². The molecule has 0 bridgehead atoms. The minimum Gasteiger partial charge on any atom is -0.462 e. The number of ether oxygens (including phenoxy) is 3. The molecule has 0 fully saturated rings. The number of hydrogen-bond donors (Lipinski definition) is 0. The van der Waals surface area contributed by atoms with Crippen molar-refractivity contribution in [2.45, 2.75) is 348 Å². The Morgan fingerprint density at radius 2 is 0.507 bits per heavy atom. The van der Waals surface area contributed by atoms with E-state index >= 15 is 0 Å². The Kier molecular flexibility index (Phi) is 58.2. The van der Waals surface area contributed by atoms with Crippen molar-refractivity contribution in [2.75, 3.05) is 13.2 Å². The monoisotopic (exact) mass is 997 g/mol. The molecule has 0 N–H and O–H groups in total. The Morgan fingerprint density at radius 3 is 0.789 bits per heavy atom. The number of rotatable bonds is 58. The average Bonchev–Trinajstić information content (AvgIpc) is 3.37. The van der Waals surface area contributed by atoms with Crippen molar-refractivity contribution < 1.29 is 28.6 Å². The van der Waals surface area contributed by atoms with E-state index in [-0.39, 0.29) is 31.1 Å². The van der Waals surface area contributed by atoms with Gasteiger partial charge < -0.3 is 14.2 Å². The van der Waals surface area contributed by atoms with Crippen LogP contribution in [-0.2, 0) is 28.6 Å². The maximum Gasteiger partial charge on any atom is 0.306 e. The summed E-state index contributed by atoms with van der Waals surface area (Å²) in [4.78, 5) is 37.9. The minimum atomic E-state index is -0.763. The molecule has 6 nitrogen and oxygen atoms in total. The highest BCUT2D eigenvalue weighted by Gasteiger charge is 2.19. The number of unbranched alkanes of at least 4 members (excludes halogenated alkanes) is 41. The Morgan fingerprint density at radius 1 is 0.282 bits per heavy atom. The maximum atomic E-state index is 12.8. The highest BCUT2D eigenvalue weighted by Crippen LogP contribution is 2.17. The van der Waals surface area contributed by atoms with Crippen molar-refractivity contribution in [3.63, 3.8) is 0 Å². The standard InChI is InChI=1S/C65H120O6/c1-4-7-10-13-16-18-20-22-23-24-25-26-27-28-29-30-31-32-33-34-35-36-37-38-39-40-41-43-44-46-49-52-55-58-64(67)70-61-62(60-69-63(66)57-54-51-48-15-12-9-6-3)71-65(68)59-56-53-50-47-45-42-21-19-17-14-11-8-5-2/h20,22,24-25,27-28,62H,4-19,21,23,26,29-61H2,1-3H3/b22-20-,25-24-,28-27-. The summed E-state index contributed by atoms with van der Waals surface area (Å²) in [5.74, 6) is -0.853. The van der Waals surface area contributed by atoms with Crippen LogP contribution in [0.4, 0.5) is 0 Å². The number of carbonyl (C=O) groups excluding carboxylic acids is 3. The number of esters is 3. The van der Waals surface area contributed by atoms with E-state index in [1.165, 1.54) is 231 Å². The first kappa shape index (κ1) is 68.6. The number of hydrogen-bond acceptors (Lipinski definition) is 6. The molecule has 0 spiro atoms. The van der Waals surface area contributed by atoms with Gasteiger partial charge in [-0.15, -0.1) is 0 Å². The second-order valence-corrected chi connectivity index (χ2v) is 21.3. The normalized spacial score (nSPS) is 12.2. The summed E-state index contributed by atoms with van der Waals surface area (Å²) < 4.78 is 16.8. The van der Waals surface area contributed by atoms with Crippen LogP contribution in [0.5, 0.6) is 0 Å². The molecular formula is C65H120O6. The first-order chi connectivity index (χ1) is 35.0. The molecule has 0 saturated heterocycles. The summed E-state index contributed by atoms with van der Waals surface area (Å²) in [6.45, 7) is 6.63. The van der Waals surface area contributed by atoms with Crippen molar-refractivity contribution in [3.8, 4) is 0 Å². The third kappa shape index (κ3) is 58.4. The lowest BCUT2D eigenvalue weighted by molar-refractivity contribution is -0.167. The van der Waals surface area contributed by atoms with E-state index < -0.39 is 6.10 Å². The fourth-order valence-corrected chi connectivity index (χ4v) is 9.39. The molecule has 0 radical (unpaired) electrons. The van der Waals surface area contributed by atoms with Crippen molar-refractivity contribution in [2.24, 2.45) is 0 Å². The maximum absolute atomic E-state index is 12.8. The third-order valence-electron chi connectivity index (χ3n) is 14.1. The van der Waals surface area contributed by atoms with E-state index in [4.69, 9.17) is 14.2 Å². The Hall–Kier alpha value is -2.37.